The van der Waals surface area contributed by atoms with Crippen LogP contribution in [0.15, 0.2) is 18.2 Å². The van der Waals surface area contributed by atoms with E-state index in [-0.39, 0.29) is 5.92 Å². The molecule has 0 heterocycles. The molecule has 1 fully saturated rings. The quantitative estimate of drug-likeness (QED) is 0.759. The second kappa shape index (κ2) is 5.59. The monoisotopic (exact) mass is 303 g/mol. The van der Waals surface area contributed by atoms with E-state index < -0.39 is 23.6 Å². The third-order valence-electron chi connectivity index (χ3n) is 4.58. The number of hydrogen-bond donors (Lipinski definition) is 1. The number of hydrogen-bond acceptors (Lipinski definition) is 1. The van der Waals surface area contributed by atoms with Crippen molar-refractivity contribution in [2.45, 2.75) is 51.7 Å². The Morgan fingerprint density at radius 2 is 1.76 bits per heavy atom. The number of nitrogens with two attached hydrogens (primary N) is 1. The predicted molar refractivity (Wildman–Crippen MR) is 74.1 cm³/mol. The maximum atomic E-state index is 13.6. The topological polar surface area (TPSA) is 26.0 Å². The van der Waals surface area contributed by atoms with Gasteiger partial charge in [0.2, 0.25) is 0 Å². The van der Waals surface area contributed by atoms with Crippen molar-refractivity contribution in [1.29, 1.82) is 0 Å². The summed E-state index contributed by atoms with van der Waals surface area (Å²) in [7, 11) is 0. The molecule has 1 atom stereocenters. The Morgan fingerprint density at radius 1 is 1.19 bits per heavy atom. The molecule has 118 valence electrons. The molecule has 1 nitrogen and oxygen atoms in total. The van der Waals surface area contributed by atoms with Crippen LogP contribution in [0.2, 0.25) is 0 Å². The molecule has 21 heavy (non-hydrogen) atoms. The van der Waals surface area contributed by atoms with Crippen LogP contribution >= 0.6 is 0 Å². The standard InChI is InChI=1S/C16H21F4N/c1-15(2)7-5-10(6-8-15)14(21)11-3-4-12(13(17)9-11)16(18,19)20/h3-4,9-10,14H,5-8,21H2,1-2H3. The van der Waals surface area contributed by atoms with Crippen molar-refractivity contribution < 1.29 is 17.6 Å². The van der Waals surface area contributed by atoms with Crippen LogP contribution in [-0.2, 0) is 6.18 Å². The maximum Gasteiger partial charge on any atom is 0.419 e. The van der Waals surface area contributed by atoms with Crippen LogP contribution in [0.4, 0.5) is 17.6 Å². The Labute approximate surface area is 122 Å². The molecule has 1 unspecified atom stereocenters. The van der Waals surface area contributed by atoms with Crippen LogP contribution in [0.3, 0.4) is 0 Å². The Hall–Kier alpha value is -1.10. The third-order valence-corrected chi connectivity index (χ3v) is 4.58. The van der Waals surface area contributed by atoms with Crippen LogP contribution < -0.4 is 5.73 Å². The minimum absolute atomic E-state index is 0.203. The van der Waals surface area contributed by atoms with E-state index >= 15 is 0 Å². The van der Waals surface area contributed by atoms with Crippen molar-refractivity contribution in [2.24, 2.45) is 17.1 Å². The highest BCUT2D eigenvalue weighted by Gasteiger charge is 2.35. The average Bonchev–Trinajstić information content (AvgIpc) is 2.36. The smallest absolute Gasteiger partial charge is 0.324 e. The lowest BCUT2D eigenvalue weighted by Gasteiger charge is -2.37. The Bertz CT molecular complexity index is 497. The van der Waals surface area contributed by atoms with Gasteiger partial charge >= 0.3 is 6.18 Å². The molecule has 0 amide bonds. The van der Waals surface area contributed by atoms with Crippen molar-refractivity contribution in [3.05, 3.63) is 35.1 Å². The lowest BCUT2D eigenvalue weighted by atomic mass is 9.70. The van der Waals surface area contributed by atoms with Crippen LogP contribution in [0.1, 0.15) is 56.7 Å². The van der Waals surface area contributed by atoms with Gasteiger partial charge in [0.15, 0.2) is 0 Å². The van der Waals surface area contributed by atoms with Crippen LogP contribution in [-0.4, -0.2) is 0 Å². The zero-order valence-electron chi connectivity index (χ0n) is 12.3. The zero-order valence-corrected chi connectivity index (χ0v) is 12.3. The highest BCUT2D eigenvalue weighted by molar-refractivity contribution is 5.28. The van der Waals surface area contributed by atoms with E-state index in [9.17, 15) is 17.6 Å². The predicted octanol–water partition coefficient (Wildman–Crippen LogP) is 5.06. The van der Waals surface area contributed by atoms with Gasteiger partial charge in [-0.1, -0.05) is 19.9 Å². The molecule has 0 saturated heterocycles. The van der Waals surface area contributed by atoms with Crippen LogP contribution in [0.5, 0.6) is 0 Å². The van der Waals surface area contributed by atoms with Gasteiger partial charge in [0.05, 0.1) is 5.56 Å². The Morgan fingerprint density at radius 3 is 2.24 bits per heavy atom. The van der Waals surface area contributed by atoms with Gasteiger partial charge in [-0.2, -0.15) is 13.2 Å². The fourth-order valence-corrected chi connectivity index (χ4v) is 3.02. The molecule has 2 N–H and O–H groups in total. The van der Waals surface area contributed by atoms with Gasteiger partial charge in [-0.05, 0) is 54.7 Å². The molecule has 0 radical (unpaired) electrons. The number of alkyl halides is 3. The van der Waals surface area contributed by atoms with E-state index in [0.29, 0.717) is 11.0 Å². The van der Waals surface area contributed by atoms with Gasteiger partial charge in [0.1, 0.15) is 5.82 Å². The van der Waals surface area contributed by atoms with Gasteiger partial charge in [0, 0.05) is 6.04 Å². The number of halogens is 4. The molecule has 1 aliphatic carbocycles. The minimum Gasteiger partial charge on any atom is -0.324 e. The minimum atomic E-state index is -4.67. The largest absolute Gasteiger partial charge is 0.419 e. The summed E-state index contributed by atoms with van der Waals surface area (Å²) < 4.78 is 51.3. The van der Waals surface area contributed by atoms with Crippen molar-refractivity contribution in [3.8, 4) is 0 Å². The zero-order chi connectivity index (χ0) is 15.8. The molecule has 0 spiro atoms. The maximum absolute atomic E-state index is 13.6. The molecule has 2 rings (SSSR count). The van der Waals surface area contributed by atoms with Crippen molar-refractivity contribution in [1.82, 2.24) is 0 Å². The molecule has 1 saturated carbocycles. The summed E-state index contributed by atoms with van der Waals surface area (Å²) in [4.78, 5) is 0. The summed E-state index contributed by atoms with van der Waals surface area (Å²) in [5, 5.41) is 0. The molecule has 0 aliphatic heterocycles. The SMILES string of the molecule is CC1(C)CCC(C(N)c2ccc(C(F)(F)F)c(F)c2)CC1. The Balaban J connectivity index is 2.14. The first-order chi connectivity index (χ1) is 9.60. The first-order valence-electron chi connectivity index (χ1n) is 7.22. The Kier molecular flexibility index (Phi) is 4.34. The molecule has 5 heteroatoms. The molecule has 1 aromatic rings. The number of benzene rings is 1. The fraction of sp³-hybridized carbons (Fsp3) is 0.625. The average molecular weight is 303 g/mol. The molecule has 1 aromatic carbocycles. The van der Waals surface area contributed by atoms with E-state index in [1.807, 2.05) is 0 Å². The summed E-state index contributed by atoms with van der Waals surface area (Å²) >= 11 is 0. The van der Waals surface area contributed by atoms with E-state index in [2.05, 4.69) is 13.8 Å². The van der Waals surface area contributed by atoms with Crippen molar-refractivity contribution in [2.75, 3.05) is 0 Å². The fourth-order valence-electron chi connectivity index (χ4n) is 3.02. The van der Waals surface area contributed by atoms with Gasteiger partial charge in [0.25, 0.3) is 0 Å². The second-order valence-electron chi connectivity index (χ2n) is 6.76. The van der Waals surface area contributed by atoms with E-state index in [0.717, 1.165) is 37.8 Å². The van der Waals surface area contributed by atoms with Gasteiger partial charge in [-0.15, -0.1) is 0 Å². The first kappa shape index (κ1) is 16.3. The summed E-state index contributed by atoms with van der Waals surface area (Å²) in [6.45, 7) is 4.40. The van der Waals surface area contributed by atoms with Gasteiger partial charge in [-0.3, -0.25) is 0 Å². The molecule has 1 aliphatic rings. The lowest BCUT2D eigenvalue weighted by molar-refractivity contribution is -0.140. The van der Waals surface area contributed by atoms with Gasteiger partial charge in [-0.25, -0.2) is 4.39 Å². The van der Waals surface area contributed by atoms with Crippen molar-refractivity contribution in [3.63, 3.8) is 0 Å². The van der Waals surface area contributed by atoms with E-state index in [4.69, 9.17) is 5.73 Å². The molecule has 0 bridgehead atoms. The number of rotatable bonds is 2. The van der Waals surface area contributed by atoms with Crippen LogP contribution in [0.25, 0.3) is 0 Å². The van der Waals surface area contributed by atoms with Crippen LogP contribution in [0, 0.1) is 17.2 Å². The lowest BCUT2D eigenvalue weighted by Crippen LogP contribution is -2.29. The summed E-state index contributed by atoms with van der Waals surface area (Å²) in [6.07, 6.45) is -0.738. The highest BCUT2D eigenvalue weighted by atomic mass is 19.4. The highest BCUT2D eigenvalue weighted by Crippen LogP contribution is 2.42. The van der Waals surface area contributed by atoms with E-state index in [1.165, 1.54) is 6.07 Å². The molecule has 0 aromatic heterocycles. The third kappa shape index (κ3) is 3.76. The molecular formula is C16H21F4N. The summed E-state index contributed by atoms with van der Waals surface area (Å²) in [5.41, 5.74) is 5.65. The summed E-state index contributed by atoms with van der Waals surface area (Å²) in [5.74, 6) is -1.04. The van der Waals surface area contributed by atoms with Crippen molar-refractivity contribution >= 4 is 0 Å². The normalized spacial score (nSPS) is 21.3. The van der Waals surface area contributed by atoms with Gasteiger partial charge < -0.3 is 5.73 Å². The second-order valence-corrected chi connectivity index (χ2v) is 6.76. The van der Waals surface area contributed by atoms with E-state index in [1.54, 1.807) is 0 Å². The summed E-state index contributed by atoms with van der Waals surface area (Å²) in [6, 6.07) is 2.62. The molecular weight excluding hydrogens is 282 g/mol. The first-order valence-corrected chi connectivity index (χ1v) is 7.22.